The molecule has 26 heavy (non-hydrogen) atoms. The third-order valence-corrected chi connectivity index (χ3v) is 3.62. The molecule has 0 saturated carbocycles. The van der Waals surface area contributed by atoms with Gasteiger partial charge < -0.3 is 14.2 Å². The van der Waals surface area contributed by atoms with Crippen LogP contribution >= 0.6 is 0 Å². The normalized spacial score (nSPS) is 12.5. The van der Waals surface area contributed by atoms with E-state index in [2.05, 4.69) is 10.9 Å². The van der Waals surface area contributed by atoms with Crippen molar-refractivity contribution in [2.75, 3.05) is 20.3 Å². The number of fused-ring (bicyclic) bond motifs is 1. The van der Waals surface area contributed by atoms with Crippen LogP contribution in [0.15, 0.2) is 48.5 Å². The van der Waals surface area contributed by atoms with Crippen molar-refractivity contribution in [1.29, 1.82) is 0 Å². The predicted octanol–water partition coefficient (Wildman–Crippen LogP) is 1.94. The fourth-order valence-electron chi connectivity index (χ4n) is 2.33. The van der Waals surface area contributed by atoms with Crippen LogP contribution in [-0.2, 0) is 4.79 Å². The topological polar surface area (TPSA) is 85.9 Å². The Morgan fingerprint density at radius 2 is 1.85 bits per heavy atom. The monoisotopic (exact) mass is 354 g/mol. The van der Waals surface area contributed by atoms with Gasteiger partial charge in [0.15, 0.2) is 11.5 Å². The van der Waals surface area contributed by atoms with E-state index < -0.39 is 11.8 Å². The number of hydrazine groups is 1. The molecule has 0 radical (unpaired) electrons. The van der Waals surface area contributed by atoms with Crippen LogP contribution in [0.5, 0.6) is 17.2 Å². The second kappa shape index (κ2) is 8.06. The highest BCUT2D eigenvalue weighted by atomic mass is 16.6. The molecule has 0 atom stereocenters. The van der Waals surface area contributed by atoms with Crippen molar-refractivity contribution in [2.24, 2.45) is 0 Å². The quantitative estimate of drug-likeness (QED) is 0.647. The number of rotatable bonds is 4. The summed E-state index contributed by atoms with van der Waals surface area (Å²) >= 11 is 0. The van der Waals surface area contributed by atoms with Gasteiger partial charge in [0.1, 0.15) is 19.0 Å². The van der Waals surface area contributed by atoms with Crippen LogP contribution in [0, 0.1) is 0 Å². The van der Waals surface area contributed by atoms with Crippen molar-refractivity contribution in [3.63, 3.8) is 0 Å². The molecule has 2 aromatic rings. The first-order valence-corrected chi connectivity index (χ1v) is 7.98. The van der Waals surface area contributed by atoms with Crippen LogP contribution in [0.2, 0.25) is 0 Å². The maximum Gasteiger partial charge on any atom is 0.269 e. The van der Waals surface area contributed by atoms with E-state index in [-0.39, 0.29) is 0 Å². The Balaban J connectivity index is 1.55. The highest BCUT2D eigenvalue weighted by molar-refractivity contribution is 5.98. The van der Waals surface area contributed by atoms with Crippen molar-refractivity contribution in [2.45, 2.75) is 0 Å². The van der Waals surface area contributed by atoms with E-state index in [9.17, 15) is 9.59 Å². The summed E-state index contributed by atoms with van der Waals surface area (Å²) in [6.07, 6.45) is 2.94. The maximum atomic E-state index is 12.1. The van der Waals surface area contributed by atoms with E-state index in [1.54, 1.807) is 37.5 Å². The number of methoxy groups -OCH3 is 1. The first kappa shape index (κ1) is 17.3. The maximum absolute atomic E-state index is 12.1. The number of carbonyl (C=O) groups excluding carboxylic acids is 2. The average molecular weight is 354 g/mol. The first-order chi connectivity index (χ1) is 12.7. The zero-order valence-electron chi connectivity index (χ0n) is 14.2. The lowest BCUT2D eigenvalue weighted by atomic mass is 10.2. The lowest BCUT2D eigenvalue weighted by molar-refractivity contribution is -0.117. The highest BCUT2D eigenvalue weighted by Crippen LogP contribution is 2.30. The Morgan fingerprint density at radius 3 is 2.65 bits per heavy atom. The van der Waals surface area contributed by atoms with E-state index in [1.165, 1.54) is 6.08 Å². The lowest BCUT2D eigenvalue weighted by Gasteiger charge is -2.18. The van der Waals surface area contributed by atoms with Gasteiger partial charge in [-0.1, -0.05) is 12.1 Å². The molecule has 0 bridgehead atoms. The molecule has 0 fully saturated rings. The molecule has 7 nitrogen and oxygen atoms in total. The zero-order valence-corrected chi connectivity index (χ0v) is 14.2. The Morgan fingerprint density at radius 1 is 1.04 bits per heavy atom. The minimum Gasteiger partial charge on any atom is -0.497 e. The fraction of sp³-hybridized carbons (Fsp3) is 0.158. The first-order valence-electron chi connectivity index (χ1n) is 7.98. The van der Waals surface area contributed by atoms with Gasteiger partial charge in [0, 0.05) is 11.6 Å². The Hall–Kier alpha value is -3.48. The van der Waals surface area contributed by atoms with Crippen LogP contribution in [0.3, 0.4) is 0 Å². The highest BCUT2D eigenvalue weighted by Gasteiger charge is 2.15. The van der Waals surface area contributed by atoms with E-state index in [0.29, 0.717) is 36.0 Å². The molecule has 2 amide bonds. The summed E-state index contributed by atoms with van der Waals surface area (Å²) < 4.78 is 16.0. The van der Waals surface area contributed by atoms with Gasteiger partial charge in [-0.3, -0.25) is 20.4 Å². The molecule has 2 aromatic carbocycles. The summed E-state index contributed by atoms with van der Waals surface area (Å²) in [6.45, 7) is 0.915. The summed E-state index contributed by atoms with van der Waals surface area (Å²) in [5.74, 6) is 0.884. The van der Waals surface area contributed by atoms with Crippen LogP contribution in [0.1, 0.15) is 15.9 Å². The summed E-state index contributed by atoms with van der Waals surface area (Å²) in [5, 5.41) is 0. The Labute approximate surface area is 150 Å². The van der Waals surface area contributed by atoms with Gasteiger partial charge in [0.05, 0.1) is 7.11 Å². The summed E-state index contributed by atoms with van der Waals surface area (Å²) in [6, 6.07) is 12.1. The van der Waals surface area contributed by atoms with Gasteiger partial charge in [-0.2, -0.15) is 0 Å². The lowest BCUT2D eigenvalue weighted by Crippen LogP contribution is -2.40. The van der Waals surface area contributed by atoms with Gasteiger partial charge in [-0.25, -0.2) is 0 Å². The molecule has 0 spiro atoms. The minimum absolute atomic E-state index is 0.353. The SMILES string of the molecule is COc1cccc(/C=C/C(=O)NNC(=O)c2ccc3c(c2)OCCO3)c1. The standard InChI is InChI=1S/C19H18N2O5/c1-24-15-4-2-3-13(11-15)5-8-18(22)20-21-19(23)14-6-7-16-17(12-14)26-10-9-25-16/h2-8,11-12H,9-10H2,1H3,(H,20,22)(H,21,23)/b8-5+. The molecule has 0 aromatic heterocycles. The van der Waals surface area contributed by atoms with Crippen molar-refractivity contribution in [1.82, 2.24) is 10.9 Å². The number of carbonyl (C=O) groups is 2. The molecule has 134 valence electrons. The molecule has 0 unspecified atom stereocenters. The molecule has 2 N–H and O–H groups in total. The number of hydrogen-bond donors (Lipinski definition) is 2. The van der Waals surface area contributed by atoms with Gasteiger partial charge in [0.2, 0.25) is 0 Å². The molecular formula is C19H18N2O5. The third-order valence-electron chi connectivity index (χ3n) is 3.62. The predicted molar refractivity (Wildman–Crippen MR) is 95.1 cm³/mol. The van der Waals surface area contributed by atoms with Crippen molar-refractivity contribution in [3.05, 3.63) is 59.7 Å². The molecule has 0 saturated heterocycles. The average Bonchev–Trinajstić information content (AvgIpc) is 2.70. The number of hydrogen-bond acceptors (Lipinski definition) is 5. The van der Waals surface area contributed by atoms with Crippen molar-refractivity contribution in [3.8, 4) is 17.2 Å². The smallest absolute Gasteiger partial charge is 0.269 e. The zero-order chi connectivity index (χ0) is 18.4. The number of nitrogens with one attached hydrogen (secondary N) is 2. The molecule has 3 rings (SSSR count). The van der Waals surface area contributed by atoms with Crippen LogP contribution in [0.4, 0.5) is 0 Å². The van der Waals surface area contributed by atoms with Crippen molar-refractivity contribution < 1.29 is 23.8 Å². The number of ether oxygens (including phenoxy) is 3. The molecule has 1 heterocycles. The molecule has 1 aliphatic rings. The van der Waals surface area contributed by atoms with E-state index in [4.69, 9.17) is 14.2 Å². The largest absolute Gasteiger partial charge is 0.497 e. The van der Waals surface area contributed by atoms with E-state index in [0.717, 1.165) is 5.56 Å². The molecule has 0 aliphatic carbocycles. The second-order valence-corrected chi connectivity index (χ2v) is 5.41. The molecular weight excluding hydrogens is 336 g/mol. The third kappa shape index (κ3) is 4.32. The Kier molecular flexibility index (Phi) is 5.38. The molecule has 1 aliphatic heterocycles. The van der Waals surface area contributed by atoms with Gasteiger partial charge in [0.25, 0.3) is 11.8 Å². The van der Waals surface area contributed by atoms with Crippen LogP contribution in [0.25, 0.3) is 6.08 Å². The summed E-state index contributed by atoms with van der Waals surface area (Å²) in [4.78, 5) is 24.0. The van der Waals surface area contributed by atoms with Gasteiger partial charge in [-0.15, -0.1) is 0 Å². The van der Waals surface area contributed by atoms with Crippen molar-refractivity contribution >= 4 is 17.9 Å². The summed E-state index contributed by atoms with van der Waals surface area (Å²) in [5.41, 5.74) is 5.84. The van der Waals surface area contributed by atoms with Gasteiger partial charge >= 0.3 is 0 Å². The van der Waals surface area contributed by atoms with Crippen LogP contribution < -0.4 is 25.1 Å². The number of amides is 2. The van der Waals surface area contributed by atoms with E-state index in [1.807, 2.05) is 18.2 Å². The fourth-order valence-corrected chi connectivity index (χ4v) is 2.33. The molecule has 7 heteroatoms. The Bertz CT molecular complexity index is 848. The second-order valence-electron chi connectivity index (χ2n) is 5.41. The van der Waals surface area contributed by atoms with E-state index >= 15 is 0 Å². The number of benzene rings is 2. The minimum atomic E-state index is -0.460. The van der Waals surface area contributed by atoms with Gasteiger partial charge in [-0.05, 0) is 42.0 Å². The summed E-state index contributed by atoms with van der Waals surface area (Å²) in [7, 11) is 1.57. The van der Waals surface area contributed by atoms with Crippen LogP contribution in [-0.4, -0.2) is 32.1 Å².